The zero-order chi connectivity index (χ0) is 20.6. The number of carbonyl (C=O) groups excluding carboxylic acids is 1. The lowest BCUT2D eigenvalue weighted by molar-refractivity contribution is 0.0772. The molecule has 0 spiro atoms. The standard InChI is InChI=1S/C22H23N3O3S/c1-15-7-8-17(29(27,28)23-2)13-19(15)22(26)25-11-9-16(10-12-25)20-14-24-21-6-4-3-5-18(20)21/h3-9,13-14,23-24H,10-12H2,1-2H3. The summed E-state index contributed by atoms with van der Waals surface area (Å²) in [7, 11) is -2.24. The minimum atomic E-state index is -3.60. The van der Waals surface area contributed by atoms with Crippen LogP contribution in [0.1, 0.15) is 27.9 Å². The van der Waals surface area contributed by atoms with E-state index < -0.39 is 10.0 Å². The number of nitrogens with one attached hydrogen (secondary N) is 2. The number of carbonyl (C=O) groups is 1. The van der Waals surface area contributed by atoms with Gasteiger partial charge in [0.1, 0.15) is 0 Å². The van der Waals surface area contributed by atoms with Crippen molar-refractivity contribution in [1.29, 1.82) is 0 Å². The quantitative estimate of drug-likeness (QED) is 0.694. The normalized spacial score (nSPS) is 14.8. The molecule has 0 unspecified atom stereocenters. The number of benzene rings is 2. The van der Waals surface area contributed by atoms with E-state index >= 15 is 0 Å². The molecular formula is C22H23N3O3S. The Hall–Kier alpha value is -2.90. The molecule has 0 saturated carbocycles. The zero-order valence-electron chi connectivity index (χ0n) is 16.4. The van der Waals surface area contributed by atoms with Crippen LogP contribution in [0.3, 0.4) is 0 Å². The van der Waals surface area contributed by atoms with Gasteiger partial charge in [-0.25, -0.2) is 13.1 Å². The van der Waals surface area contributed by atoms with Gasteiger partial charge in [-0.3, -0.25) is 4.79 Å². The van der Waals surface area contributed by atoms with Gasteiger partial charge in [-0.05, 0) is 49.7 Å². The van der Waals surface area contributed by atoms with Gasteiger partial charge in [0.05, 0.1) is 4.90 Å². The van der Waals surface area contributed by atoms with Crippen LogP contribution in [0, 0.1) is 6.92 Å². The predicted octanol–water partition coefficient (Wildman–Crippen LogP) is 3.31. The molecule has 1 aromatic heterocycles. The van der Waals surface area contributed by atoms with Crippen LogP contribution in [0.4, 0.5) is 0 Å². The Balaban J connectivity index is 1.59. The average Bonchev–Trinajstić information content (AvgIpc) is 3.18. The van der Waals surface area contributed by atoms with E-state index in [4.69, 9.17) is 0 Å². The number of rotatable bonds is 4. The lowest BCUT2D eigenvalue weighted by Gasteiger charge is -2.27. The minimum absolute atomic E-state index is 0.0981. The summed E-state index contributed by atoms with van der Waals surface area (Å²) in [5.74, 6) is -0.148. The number of aryl methyl sites for hydroxylation is 1. The topological polar surface area (TPSA) is 82.3 Å². The lowest BCUT2D eigenvalue weighted by Crippen LogP contribution is -2.35. The van der Waals surface area contributed by atoms with E-state index in [9.17, 15) is 13.2 Å². The molecule has 0 radical (unpaired) electrons. The molecule has 1 amide bonds. The molecule has 0 aliphatic carbocycles. The molecule has 4 rings (SSSR count). The van der Waals surface area contributed by atoms with Gasteiger partial charge in [-0.1, -0.05) is 30.3 Å². The molecule has 1 aliphatic rings. The van der Waals surface area contributed by atoms with E-state index in [0.717, 1.165) is 17.5 Å². The molecule has 6 nitrogen and oxygen atoms in total. The second-order valence-corrected chi connectivity index (χ2v) is 9.05. The van der Waals surface area contributed by atoms with Crippen LogP contribution >= 0.6 is 0 Å². The Kier molecular flexibility index (Phi) is 5.02. The third kappa shape index (κ3) is 3.59. The van der Waals surface area contributed by atoms with E-state index in [0.29, 0.717) is 18.7 Å². The van der Waals surface area contributed by atoms with Crippen LogP contribution < -0.4 is 4.72 Å². The molecule has 2 N–H and O–H groups in total. The maximum Gasteiger partial charge on any atom is 0.254 e. The number of H-pyrrole nitrogens is 1. The number of aromatic nitrogens is 1. The summed E-state index contributed by atoms with van der Waals surface area (Å²) >= 11 is 0. The van der Waals surface area contributed by atoms with Gasteiger partial charge in [0, 0.05) is 41.3 Å². The number of nitrogens with zero attached hydrogens (tertiary/aromatic N) is 1. The van der Waals surface area contributed by atoms with Crippen molar-refractivity contribution >= 4 is 32.4 Å². The number of fused-ring (bicyclic) bond motifs is 1. The maximum absolute atomic E-state index is 13.1. The van der Waals surface area contributed by atoms with Crippen LogP contribution in [-0.4, -0.2) is 44.3 Å². The van der Waals surface area contributed by atoms with Crippen molar-refractivity contribution in [3.63, 3.8) is 0 Å². The Morgan fingerprint density at radius 3 is 2.69 bits per heavy atom. The van der Waals surface area contributed by atoms with Gasteiger partial charge in [-0.2, -0.15) is 0 Å². The first-order chi connectivity index (χ1) is 13.9. The van der Waals surface area contributed by atoms with Crippen molar-refractivity contribution in [2.45, 2.75) is 18.2 Å². The van der Waals surface area contributed by atoms with Crippen LogP contribution in [0.15, 0.2) is 59.6 Å². The fourth-order valence-corrected chi connectivity index (χ4v) is 4.48. The summed E-state index contributed by atoms with van der Waals surface area (Å²) in [6.45, 7) is 2.91. The number of amides is 1. The summed E-state index contributed by atoms with van der Waals surface area (Å²) in [6, 6.07) is 12.8. The molecule has 7 heteroatoms. The molecule has 2 heterocycles. The number of para-hydroxylation sites is 1. The molecular weight excluding hydrogens is 386 g/mol. The van der Waals surface area contributed by atoms with Crippen LogP contribution in [0.25, 0.3) is 16.5 Å². The molecule has 0 saturated heterocycles. The highest BCUT2D eigenvalue weighted by atomic mass is 32.2. The van der Waals surface area contributed by atoms with Crippen molar-refractivity contribution in [1.82, 2.24) is 14.6 Å². The highest BCUT2D eigenvalue weighted by Gasteiger charge is 2.23. The summed E-state index contributed by atoms with van der Waals surface area (Å²) in [5.41, 5.74) is 4.67. The largest absolute Gasteiger partial charge is 0.361 e. The van der Waals surface area contributed by atoms with Crippen LogP contribution in [-0.2, 0) is 10.0 Å². The average molecular weight is 410 g/mol. The molecule has 3 aromatic rings. The van der Waals surface area contributed by atoms with Gasteiger partial charge in [0.25, 0.3) is 5.91 Å². The first-order valence-electron chi connectivity index (χ1n) is 9.49. The second kappa shape index (κ2) is 7.50. The Bertz CT molecular complexity index is 1230. The van der Waals surface area contributed by atoms with E-state index in [-0.39, 0.29) is 10.8 Å². The third-order valence-corrected chi connectivity index (χ3v) is 6.86. The minimum Gasteiger partial charge on any atom is -0.361 e. The third-order valence-electron chi connectivity index (χ3n) is 5.45. The highest BCUT2D eigenvalue weighted by Crippen LogP contribution is 2.29. The van der Waals surface area contributed by atoms with E-state index in [1.165, 1.54) is 35.7 Å². The first-order valence-corrected chi connectivity index (χ1v) is 11.0. The molecule has 0 atom stereocenters. The zero-order valence-corrected chi connectivity index (χ0v) is 17.2. The Labute approximate surface area is 170 Å². The number of aromatic amines is 1. The van der Waals surface area contributed by atoms with Crippen LogP contribution in [0.2, 0.25) is 0 Å². The molecule has 1 aliphatic heterocycles. The predicted molar refractivity (Wildman–Crippen MR) is 114 cm³/mol. The van der Waals surface area contributed by atoms with E-state index in [1.807, 2.05) is 31.3 Å². The Morgan fingerprint density at radius 1 is 1.17 bits per heavy atom. The SMILES string of the molecule is CNS(=O)(=O)c1ccc(C)c(C(=O)N2CC=C(c3c[nH]c4ccccc34)CC2)c1. The summed E-state index contributed by atoms with van der Waals surface area (Å²) < 4.78 is 26.5. The van der Waals surface area contributed by atoms with Crippen molar-refractivity contribution in [2.24, 2.45) is 0 Å². The van der Waals surface area contributed by atoms with Crippen LogP contribution in [0.5, 0.6) is 0 Å². The molecule has 150 valence electrons. The fraction of sp³-hybridized carbons (Fsp3) is 0.227. The van der Waals surface area contributed by atoms with Crippen molar-refractivity contribution in [3.05, 3.63) is 71.4 Å². The van der Waals surface area contributed by atoms with Gasteiger partial charge >= 0.3 is 0 Å². The van der Waals surface area contributed by atoms with Gasteiger partial charge in [0.15, 0.2) is 0 Å². The summed E-state index contributed by atoms with van der Waals surface area (Å²) in [5, 5.41) is 1.18. The maximum atomic E-state index is 13.1. The summed E-state index contributed by atoms with van der Waals surface area (Å²) in [6.07, 6.45) is 4.85. The molecule has 0 bridgehead atoms. The lowest BCUT2D eigenvalue weighted by atomic mass is 9.98. The van der Waals surface area contributed by atoms with Crippen molar-refractivity contribution in [3.8, 4) is 0 Å². The van der Waals surface area contributed by atoms with Gasteiger partial charge < -0.3 is 9.88 Å². The van der Waals surface area contributed by atoms with Gasteiger partial charge in [-0.15, -0.1) is 0 Å². The number of hydrogen-bond donors (Lipinski definition) is 2. The van der Waals surface area contributed by atoms with E-state index in [1.54, 1.807) is 11.0 Å². The van der Waals surface area contributed by atoms with Crippen molar-refractivity contribution in [2.75, 3.05) is 20.1 Å². The van der Waals surface area contributed by atoms with Gasteiger partial charge in [0.2, 0.25) is 10.0 Å². The summed E-state index contributed by atoms with van der Waals surface area (Å²) in [4.78, 5) is 18.2. The molecule has 29 heavy (non-hydrogen) atoms. The molecule has 2 aromatic carbocycles. The first kappa shape index (κ1) is 19.4. The number of sulfonamides is 1. The Morgan fingerprint density at radius 2 is 1.97 bits per heavy atom. The monoisotopic (exact) mass is 409 g/mol. The fourth-order valence-electron chi connectivity index (χ4n) is 3.72. The molecule has 0 fully saturated rings. The van der Waals surface area contributed by atoms with E-state index in [2.05, 4.69) is 21.8 Å². The highest BCUT2D eigenvalue weighted by molar-refractivity contribution is 7.89. The smallest absolute Gasteiger partial charge is 0.254 e. The number of hydrogen-bond acceptors (Lipinski definition) is 3. The van der Waals surface area contributed by atoms with Crippen molar-refractivity contribution < 1.29 is 13.2 Å². The second-order valence-electron chi connectivity index (χ2n) is 7.16.